The van der Waals surface area contributed by atoms with Crippen molar-refractivity contribution >= 4 is 33.4 Å². The second-order valence-electron chi connectivity index (χ2n) is 4.53. The van der Waals surface area contributed by atoms with Gasteiger partial charge in [-0.25, -0.2) is 4.79 Å². The van der Waals surface area contributed by atoms with Gasteiger partial charge in [0, 0.05) is 12.5 Å². The maximum absolute atomic E-state index is 11.9. The molecule has 1 aliphatic rings. The highest BCUT2D eigenvalue weighted by atomic mass is 79.9. The Balaban J connectivity index is 2.15. The van der Waals surface area contributed by atoms with Gasteiger partial charge in [-0.2, -0.15) is 0 Å². The Bertz CT molecular complexity index is 572. The number of nitro benzene ring substituents is 1. The zero-order valence-corrected chi connectivity index (χ0v) is 12.1. The van der Waals surface area contributed by atoms with Crippen LogP contribution in [0.5, 0.6) is 0 Å². The fourth-order valence-electron chi connectivity index (χ4n) is 2.05. The van der Waals surface area contributed by atoms with E-state index < -0.39 is 17.0 Å². The number of hydrogen-bond acceptors (Lipinski definition) is 5. The number of nitro groups is 1. The molecule has 0 unspecified atom stereocenters. The number of esters is 1. The molecule has 1 aliphatic carbocycles. The van der Waals surface area contributed by atoms with Crippen LogP contribution in [-0.4, -0.2) is 22.8 Å². The normalized spacial score (nSPS) is 18.6. The average molecular weight is 342 g/mol. The summed E-state index contributed by atoms with van der Waals surface area (Å²) in [6, 6.07) is 3.98. The molecule has 1 saturated carbocycles. The molecule has 106 valence electrons. The van der Waals surface area contributed by atoms with Crippen molar-refractivity contribution in [3.63, 3.8) is 0 Å². The lowest BCUT2D eigenvalue weighted by Crippen LogP contribution is -2.30. The van der Waals surface area contributed by atoms with Crippen molar-refractivity contribution in [1.29, 1.82) is 0 Å². The molecule has 20 heavy (non-hydrogen) atoms. The van der Waals surface area contributed by atoms with Crippen molar-refractivity contribution in [2.24, 2.45) is 0 Å². The molecule has 0 bridgehead atoms. The van der Waals surface area contributed by atoms with Gasteiger partial charge in [-0.1, -0.05) is 0 Å². The smallest absolute Gasteiger partial charge is 0.339 e. The molecule has 0 spiro atoms. The molecular weight excluding hydrogens is 330 g/mol. The van der Waals surface area contributed by atoms with Gasteiger partial charge in [0.1, 0.15) is 0 Å². The second-order valence-corrected chi connectivity index (χ2v) is 5.38. The van der Waals surface area contributed by atoms with Crippen molar-refractivity contribution < 1.29 is 19.2 Å². The minimum atomic E-state index is -0.723. The molecule has 0 amide bonds. The largest absolute Gasteiger partial charge is 0.451 e. The quantitative estimate of drug-likeness (QED) is 0.479. The summed E-state index contributed by atoms with van der Waals surface area (Å²) in [6.07, 6.45) is 1.86. The van der Waals surface area contributed by atoms with Gasteiger partial charge in [0.15, 0.2) is 11.9 Å². The molecule has 1 aromatic carbocycles. The van der Waals surface area contributed by atoms with E-state index in [0.717, 1.165) is 18.9 Å². The number of rotatable bonds is 3. The summed E-state index contributed by atoms with van der Waals surface area (Å²) in [7, 11) is 0. The lowest BCUT2D eigenvalue weighted by Gasteiger charge is -2.20. The SMILES string of the molecule is O=C(O[C@H]1CCCCC1=O)c1ccc(Br)c([N+](=O)[O-])c1. The van der Waals surface area contributed by atoms with E-state index in [-0.39, 0.29) is 21.5 Å². The van der Waals surface area contributed by atoms with Crippen molar-refractivity contribution in [2.75, 3.05) is 0 Å². The molecule has 0 heterocycles. The minimum absolute atomic E-state index is 0.0678. The van der Waals surface area contributed by atoms with E-state index in [1.807, 2.05) is 0 Å². The topological polar surface area (TPSA) is 86.5 Å². The van der Waals surface area contributed by atoms with Gasteiger partial charge in [-0.3, -0.25) is 14.9 Å². The molecule has 0 radical (unpaired) electrons. The van der Waals surface area contributed by atoms with E-state index in [0.29, 0.717) is 12.8 Å². The summed E-state index contributed by atoms with van der Waals surface area (Å²) in [6.45, 7) is 0. The van der Waals surface area contributed by atoms with E-state index in [4.69, 9.17) is 4.74 Å². The number of benzene rings is 1. The molecule has 1 atom stereocenters. The van der Waals surface area contributed by atoms with Crippen LogP contribution in [0.2, 0.25) is 0 Å². The van der Waals surface area contributed by atoms with Crippen LogP contribution in [0, 0.1) is 10.1 Å². The van der Waals surface area contributed by atoms with Gasteiger partial charge < -0.3 is 4.74 Å². The zero-order chi connectivity index (χ0) is 14.7. The first-order chi connectivity index (χ1) is 9.49. The third-order valence-corrected chi connectivity index (χ3v) is 3.80. The van der Waals surface area contributed by atoms with Crippen LogP contribution < -0.4 is 0 Å². The fourth-order valence-corrected chi connectivity index (χ4v) is 2.44. The Hall–Kier alpha value is -1.76. The number of Topliss-reactive ketones (excluding diaryl/α,β-unsaturated/α-hetero) is 1. The van der Waals surface area contributed by atoms with Crippen LogP contribution >= 0.6 is 15.9 Å². The van der Waals surface area contributed by atoms with E-state index in [1.54, 1.807) is 0 Å². The van der Waals surface area contributed by atoms with Crippen LogP contribution in [0.4, 0.5) is 5.69 Å². The predicted molar refractivity (Wildman–Crippen MR) is 73.5 cm³/mol. The van der Waals surface area contributed by atoms with Crippen LogP contribution in [0.15, 0.2) is 22.7 Å². The maximum Gasteiger partial charge on any atom is 0.339 e. The summed E-state index contributed by atoms with van der Waals surface area (Å²) in [5.41, 5.74) is -0.146. The highest BCUT2D eigenvalue weighted by molar-refractivity contribution is 9.10. The van der Waals surface area contributed by atoms with Crippen LogP contribution in [0.3, 0.4) is 0 Å². The third-order valence-electron chi connectivity index (χ3n) is 3.13. The second kappa shape index (κ2) is 6.13. The zero-order valence-electron chi connectivity index (χ0n) is 10.5. The molecule has 1 aromatic rings. The van der Waals surface area contributed by atoms with Gasteiger partial charge in [0.25, 0.3) is 5.69 Å². The lowest BCUT2D eigenvalue weighted by atomic mass is 9.96. The molecule has 0 aliphatic heterocycles. The number of carbonyl (C=O) groups excluding carboxylic acids is 2. The number of ketones is 1. The van der Waals surface area contributed by atoms with E-state index in [9.17, 15) is 19.7 Å². The molecule has 0 N–H and O–H groups in total. The first kappa shape index (κ1) is 14.6. The third kappa shape index (κ3) is 3.22. The summed E-state index contributed by atoms with van der Waals surface area (Å²) in [4.78, 5) is 33.7. The molecule has 0 aromatic heterocycles. The number of halogens is 1. The van der Waals surface area contributed by atoms with E-state index in [1.165, 1.54) is 12.1 Å². The summed E-state index contributed by atoms with van der Waals surface area (Å²) in [5, 5.41) is 10.8. The first-order valence-electron chi connectivity index (χ1n) is 6.16. The first-order valence-corrected chi connectivity index (χ1v) is 6.96. The fraction of sp³-hybridized carbons (Fsp3) is 0.385. The number of nitrogens with zero attached hydrogens (tertiary/aromatic N) is 1. The minimum Gasteiger partial charge on any atom is -0.451 e. The van der Waals surface area contributed by atoms with E-state index >= 15 is 0 Å². The summed E-state index contributed by atoms with van der Waals surface area (Å²) < 4.78 is 5.42. The Morgan fingerprint density at radius 1 is 1.40 bits per heavy atom. The van der Waals surface area contributed by atoms with Crippen molar-refractivity contribution in [1.82, 2.24) is 0 Å². The van der Waals surface area contributed by atoms with Gasteiger partial charge in [0.05, 0.1) is 15.0 Å². The van der Waals surface area contributed by atoms with E-state index in [2.05, 4.69) is 15.9 Å². The molecule has 6 nitrogen and oxygen atoms in total. The highest BCUT2D eigenvalue weighted by Gasteiger charge is 2.27. The van der Waals surface area contributed by atoms with Crippen LogP contribution in [0.1, 0.15) is 36.0 Å². The Morgan fingerprint density at radius 3 is 2.80 bits per heavy atom. The molecule has 0 saturated heterocycles. The average Bonchev–Trinajstić information content (AvgIpc) is 2.41. The number of hydrogen-bond donors (Lipinski definition) is 0. The highest BCUT2D eigenvalue weighted by Crippen LogP contribution is 2.26. The number of ether oxygens (including phenoxy) is 1. The summed E-state index contributed by atoms with van der Waals surface area (Å²) in [5.74, 6) is -0.794. The molecule has 1 fully saturated rings. The maximum atomic E-state index is 11.9. The monoisotopic (exact) mass is 341 g/mol. The Labute approximate surface area is 123 Å². The van der Waals surface area contributed by atoms with Gasteiger partial charge >= 0.3 is 5.97 Å². The Kier molecular flexibility index (Phi) is 4.49. The van der Waals surface area contributed by atoms with Crippen molar-refractivity contribution in [2.45, 2.75) is 31.8 Å². The Morgan fingerprint density at radius 2 is 2.15 bits per heavy atom. The number of carbonyl (C=O) groups is 2. The predicted octanol–water partition coefficient (Wildman–Crippen LogP) is 3.03. The van der Waals surface area contributed by atoms with Crippen LogP contribution in [0.25, 0.3) is 0 Å². The van der Waals surface area contributed by atoms with Crippen molar-refractivity contribution in [3.05, 3.63) is 38.3 Å². The van der Waals surface area contributed by atoms with Gasteiger partial charge in [0.2, 0.25) is 0 Å². The van der Waals surface area contributed by atoms with Gasteiger partial charge in [-0.15, -0.1) is 0 Å². The molecular formula is C13H12BrNO5. The van der Waals surface area contributed by atoms with Gasteiger partial charge in [-0.05, 0) is 47.3 Å². The lowest BCUT2D eigenvalue weighted by molar-refractivity contribution is -0.385. The van der Waals surface area contributed by atoms with Crippen LogP contribution in [-0.2, 0) is 9.53 Å². The summed E-state index contributed by atoms with van der Waals surface area (Å²) >= 11 is 3.04. The molecule has 7 heteroatoms. The molecule has 2 rings (SSSR count). The van der Waals surface area contributed by atoms with Crippen molar-refractivity contribution in [3.8, 4) is 0 Å². The standard InChI is InChI=1S/C13H12BrNO5/c14-9-6-5-8(7-10(9)15(18)19)13(17)20-12-4-2-1-3-11(12)16/h5-7,12H,1-4H2/t12-/m0/s1.